The van der Waals surface area contributed by atoms with Gasteiger partial charge >= 0.3 is 0 Å². The summed E-state index contributed by atoms with van der Waals surface area (Å²) in [5.74, 6) is 0.556. The number of thiocarbonyl (C=S) groups is 1. The first-order valence-corrected chi connectivity index (χ1v) is 9.42. The SMILES string of the molecule is CC(=S)CCC1CCc2ccc(C3Cc4cccc(O)c4C3=O)cc21. The summed E-state index contributed by atoms with van der Waals surface area (Å²) in [6.45, 7) is 2.02. The number of fused-ring (bicyclic) bond motifs is 2. The fourth-order valence-electron chi connectivity index (χ4n) is 4.40. The molecule has 4 rings (SSSR count). The molecule has 2 aromatic rings. The van der Waals surface area contributed by atoms with Gasteiger partial charge in [0.15, 0.2) is 5.78 Å². The van der Waals surface area contributed by atoms with Crippen LogP contribution < -0.4 is 0 Å². The number of carbonyl (C=O) groups is 1. The number of phenols is 1. The molecule has 0 bridgehead atoms. The minimum Gasteiger partial charge on any atom is -0.507 e. The normalized spacial score (nSPS) is 21.2. The Morgan fingerprint density at radius 3 is 2.84 bits per heavy atom. The van der Waals surface area contributed by atoms with Gasteiger partial charge in [0.2, 0.25) is 0 Å². The van der Waals surface area contributed by atoms with E-state index in [0.29, 0.717) is 17.9 Å². The van der Waals surface area contributed by atoms with Crippen molar-refractivity contribution in [1.29, 1.82) is 0 Å². The number of aryl methyl sites for hydroxylation is 1. The van der Waals surface area contributed by atoms with Crippen LogP contribution in [0.15, 0.2) is 36.4 Å². The lowest BCUT2D eigenvalue weighted by atomic mass is 9.89. The van der Waals surface area contributed by atoms with E-state index in [1.165, 1.54) is 17.5 Å². The molecule has 0 saturated carbocycles. The van der Waals surface area contributed by atoms with Gasteiger partial charge in [0.25, 0.3) is 0 Å². The third kappa shape index (κ3) is 2.91. The molecule has 0 radical (unpaired) electrons. The van der Waals surface area contributed by atoms with Gasteiger partial charge < -0.3 is 5.11 Å². The van der Waals surface area contributed by atoms with Crippen molar-refractivity contribution >= 4 is 22.9 Å². The standard InChI is InChI=1S/C22H22O2S/c1-13(25)5-6-14-7-8-15-9-10-16(11-18(14)15)19-12-17-3-2-4-20(23)21(17)22(19)24/h2-4,9-11,14,19,23H,5-8,12H2,1H3. The molecule has 2 nitrogen and oxygen atoms in total. The molecule has 0 amide bonds. The van der Waals surface area contributed by atoms with Crippen molar-refractivity contribution in [2.24, 2.45) is 0 Å². The van der Waals surface area contributed by atoms with Crippen LogP contribution in [0.3, 0.4) is 0 Å². The van der Waals surface area contributed by atoms with Crippen LogP contribution in [0.5, 0.6) is 5.75 Å². The highest BCUT2D eigenvalue weighted by Crippen LogP contribution is 2.42. The van der Waals surface area contributed by atoms with Gasteiger partial charge in [-0.15, -0.1) is 0 Å². The van der Waals surface area contributed by atoms with Crippen LogP contribution in [0.1, 0.15) is 70.6 Å². The minimum atomic E-state index is -0.165. The number of benzene rings is 2. The molecule has 2 aromatic carbocycles. The van der Waals surface area contributed by atoms with E-state index in [-0.39, 0.29) is 17.5 Å². The Morgan fingerprint density at radius 1 is 1.24 bits per heavy atom. The Hall–Kier alpha value is -2.00. The first-order chi connectivity index (χ1) is 12.0. The second kappa shape index (κ2) is 6.38. The van der Waals surface area contributed by atoms with Gasteiger partial charge in [-0.2, -0.15) is 0 Å². The number of hydrogen-bond donors (Lipinski definition) is 1. The first-order valence-electron chi connectivity index (χ1n) is 9.02. The summed E-state index contributed by atoms with van der Waals surface area (Å²) in [6, 6.07) is 11.9. The van der Waals surface area contributed by atoms with Crippen molar-refractivity contribution in [2.45, 2.75) is 50.9 Å². The second-order valence-corrected chi connectivity index (χ2v) is 8.06. The molecule has 0 aliphatic heterocycles. The molecule has 2 aliphatic carbocycles. The molecule has 25 heavy (non-hydrogen) atoms. The average Bonchev–Trinajstić information content (AvgIpc) is 3.14. The van der Waals surface area contributed by atoms with Crippen molar-refractivity contribution < 1.29 is 9.90 Å². The van der Waals surface area contributed by atoms with Gasteiger partial charge in [0.1, 0.15) is 5.75 Å². The number of Topliss-reactive ketones (excluding diaryl/α,β-unsaturated/α-hetero) is 1. The lowest BCUT2D eigenvalue weighted by molar-refractivity contribution is 0.0970. The van der Waals surface area contributed by atoms with Crippen LogP contribution in [0.25, 0.3) is 0 Å². The molecule has 0 fully saturated rings. The quantitative estimate of drug-likeness (QED) is 0.778. The highest BCUT2D eigenvalue weighted by molar-refractivity contribution is 7.80. The summed E-state index contributed by atoms with van der Waals surface area (Å²) in [7, 11) is 0. The van der Waals surface area contributed by atoms with E-state index in [2.05, 4.69) is 18.2 Å². The van der Waals surface area contributed by atoms with E-state index in [4.69, 9.17) is 12.2 Å². The van der Waals surface area contributed by atoms with Crippen molar-refractivity contribution in [1.82, 2.24) is 0 Å². The summed E-state index contributed by atoms with van der Waals surface area (Å²) in [4.78, 5) is 13.9. The molecular formula is C22H22O2S. The molecule has 1 N–H and O–H groups in total. The van der Waals surface area contributed by atoms with Crippen LogP contribution >= 0.6 is 12.2 Å². The Kier molecular flexibility index (Phi) is 4.20. The Balaban J connectivity index is 1.63. The van der Waals surface area contributed by atoms with Gasteiger partial charge in [0.05, 0.1) is 11.5 Å². The molecule has 2 aliphatic rings. The van der Waals surface area contributed by atoms with Crippen LogP contribution in [-0.4, -0.2) is 15.8 Å². The molecular weight excluding hydrogens is 328 g/mol. The lowest BCUT2D eigenvalue weighted by Gasteiger charge is -2.15. The molecule has 3 heteroatoms. The molecule has 128 valence electrons. The molecule has 2 unspecified atom stereocenters. The van der Waals surface area contributed by atoms with E-state index < -0.39 is 0 Å². The van der Waals surface area contributed by atoms with Crippen molar-refractivity contribution in [3.63, 3.8) is 0 Å². The zero-order valence-electron chi connectivity index (χ0n) is 14.4. The Labute approximate surface area is 153 Å². The van der Waals surface area contributed by atoms with E-state index in [1.54, 1.807) is 6.07 Å². The number of ketones is 1. The predicted octanol–water partition coefficient (Wildman–Crippen LogP) is 5.11. The fourth-order valence-corrected chi connectivity index (χ4v) is 4.52. The van der Waals surface area contributed by atoms with Gasteiger partial charge in [-0.3, -0.25) is 4.79 Å². The minimum absolute atomic E-state index is 0.0531. The summed E-state index contributed by atoms with van der Waals surface area (Å²) in [5.41, 5.74) is 5.39. The molecule has 2 atom stereocenters. The molecule has 0 aromatic heterocycles. The van der Waals surface area contributed by atoms with E-state index in [9.17, 15) is 9.90 Å². The van der Waals surface area contributed by atoms with Crippen LogP contribution in [0.4, 0.5) is 0 Å². The third-order valence-electron chi connectivity index (χ3n) is 5.73. The number of hydrogen-bond acceptors (Lipinski definition) is 3. The van der Waals surface area contributed by atoms with Crippen molar-refractivity contribution in [2.75, 3.05) is 0 Å². The van der Waals surface area contributed by atoms with Gasteiger partial charge in [-0.1, -0.05) is 42.5 Å². The first kappa shape index (κ1) is 16.5. The highest BCUT2D eigenvalue weighted by Gasteiger charge is 2.34. The molecule has 0 spiro atoms. The van der Waals surface area contributed by atoms with Crippen LogP contribution in [0, 0.1) is 0 Å². The number of phenolic OH excluding ortho intramolecular Hbond substituents is 1. The zero-order valence-corrected chi connectivity index (χ0v) is 15.2. The summed E-state index contributed by atoms with van der Waals surface area (Å²) in [5, 5.41) is 10.1. The summed E-state index contributed by atoms with van der Waals surface area (Å²) in [6.07, 6.45) is 5.08. The largest absolute Gasteiger partial charge is 0.507 e. The molecule has 0 heterocycles. The second-order valence-electron chi connectivity index (χ2n) is 7.37. The highest BCUT2D eigenvalue weighted by atomic mass is 32.1. The average molecular weight is 350 g/mol. The number of carbonyl (C=O) groups excluding carboxylic acids is 1. The maximum atomic E-state index is 12.8. The fraction of sp³-hybridized carbons (Fsp3) is 0.364. The van der Waals surface area contributed by atoms with E-state index in [1.807, 2.05) is 19.1 Å². The van der Waals surface area contributed by atoms with E-state index >= 15 is 0 Å². The van der Waals surface area contributed by atoms with E-state index in [0.717, 1.165) is 35.3 Å². The predicted molar refractivity (Wildman–Crippen MR) is 104 cm³/mol. The maximum Gasteiger partial charge on any atom is 0.174 e. The topological polar surface area (TPSA) is 37.3 Å². The maximum absolute atomic E-state index is 12.8. The number of rotatable bonds is 4. The van der Waals surface area contributed by atoms with Gasteiger partial charge in [-0.05, 0) is 78.1 Å². The summed E-state index contributed by atoms with van der Waals surface area (Å²) < 4.78 is 0. The lowest BCUT2D eigenvalue weighted by Crippen LogP contribution is -2.08. The monoisotopic (exact) mass is 350 g/mol. The Morgan fingerprint density at radius 2 is 2.08 bits per heavy atom. The Bertz CT molecular complexity index is 868. The van der Waals surface area contributed by atoms with Crippen LogP contribution in [-0.2, 0) is 12.8 Å². The number of aromatic hydroxyl groups is 1. The third-order valence-corrected chi connectivity index (χ3v) is 5.94. The smallest absolute Gasteiger partial charge is 0.174 e. The van der Waals surface area contributed by atoms with Crippen molar-refractivity contribution in [3.05, 3.63) is 64.2 Å². The van der Waals surface area contributed by atoms with Crippen molar-refractivity contribution in [3.8, 4) is 5.75 Å². The van der Waals surface area contributed by atoms with Gasteiger partial charge in [-0.25, -0.2) is 0 Å². The summed E-state index contributed by atoms with van der Waals surface area (Å²) >= 11 is 5.24. The van der Waals surface area contributed by atoms with Crippen LogP contribution in [0.2, 0.25) is 0 Å². The van der Waals surface area contributed by atoms with Gasteiger partial charge in [0, 0.05) is 0 Å². The zero-order chi connectivity index (χ0) is 17.6. The molecule has 0 saturated heterocycles.